The van der Waals surface area contributed by atoms with Gasteiger partial charge in [-0.1, -0.05) is 175 Å². The first kappa shape index (κ1) is 46.8. The zero-order valence-corrected chi connectivity index (χ0v) is 41.0. The van der Waals surface area contributed by atoms with Crippen molar-refractivity contribution in [1.82, 2.24) is 0 Å². The fourth-order valence-corrected chi connectivity index (χ4v) is 10.5. The molecule has 2 radical (unpaired) electrons. The summed E-state index contributed by atoms with van der Waals surface area (Å²) in [7, 11) is 11.0. The summed E-state index contributed by atoms with van der Waals surface area (Å²) in [5.74, 6) is 0. The molecule has 6 aromatic carbocycles. The number of hydrogen-bond acceptors (Lipinski definition) is 0. The Hall–Kier alpha value is -2.22. The van der Waals surface area contributed by atoms with Crippen LogP contribution in [-0.4, -0.2) is 9.52 Å². The van der Waals surface area contributed by atoms with Gasteiger partial charge in [0.25, 0.3) is 0 Å². The van der Waals surface area contributed by atoms with Gasteiger partial charge in [-0.15, -0.1) is 69.1 Å². The van der Waals surface area contributed by atoms with Gasteiger partial charge < -0.3 is 0 Å². The molecule has 58 heavy (non-hydrogen) atoms. The summed E-state index contributed by atoms with van der Waals surface area (Å²) < 4.78 is 0. The van der Waals surface area contributed by atoms with Crippen LogP contribution in [0.2, 0.25) is 13.1 Å². The summed E-state index contributed by atoms with van der Waals surface area (Å²) in [4.78, 5) is 0. The Kier molecular flexibility index (Phi) is 20.1. The Morgan fingerprint density at radius 2 is 0.862 bits per heavy atom. The first-order valence-corrected chi connectivity index (χ1v) is 30.8. The van der Waals surface area contributed by atoms with Crippen LogP contribution in [-0.2, 0) is 33.7 Å². The predicted molar refractivity (Wildman–Crippen MR) is 257 cm³/mol. The Labute approximate surface area is 374 Å². The molecule has 0 saturated heterocycles. The van der Waals surface area contributed by atoms with Crippen molar-refractivity contribution in [2.24, 2.45) is 10.8 Å². The number of benzene rings is 4. The molecule has 4 heteroatoms. The second-order valence-corrected chi connectivity index (χ2v) is 22.1. The van der Waals surface area contributed by atoms with Crippen molar-refractivity contribution in [3.63, 3.8) is 0 Å². The molecule has 0 aromatic heterocycles. The molecule has 6 aromatic rings. The summed E-state index contributed by atoms with van der Waals surface area (Å²) in [6, 6.07) is 45.1. The SMILES string of the molecule is CCCC1(Cc2cc3c(-c4ccccc4)cccc3[cH-]2)CCCCCC1.CCCC1(Cc2cc3c(-c4ccccc4)cccc3[cH-]2)CCCCCC1.C[Si]C.[Cl][Zr+2][Cl]. The second kappa shape index (κ2) is 24.9. The van der Waals surface area contributed by atoms with E-state index in [4.69, 9.17) is 17.0 Å². The number of fused-ring (bicyclic) bond motifs is 2. The normalized spacial score (nSPS) is 16.0. The van der Waals surface area contributed by atoms with Gasteiger partial charge in [0.15, 0.2) is 0 Å². The van der Waals surface area contributed by atoms with Crippen LogP contribution < -0.4 is 0 Å². The van der Waals surface area contributed by atoms with Gasteiger partial charge in [0, 0.05) is 9.52 Å². The average molecular weight is 907 g/mol. The molecule has 0 unspecified atom stereocenters. The molecular formula is C54H68Cl2SiZr. The van der Waals surface area contributed by atoms with Crippen molar-refractivity contribution >= 4 is 48.1 Å². The fourth-order valence-electron chi connectivity index (χ4n) is 10.5. The third kappa shape index (κ3) is 13.4. The van der Waals surface area contributed by atoms with Crippen LogP contribution in [0.4, 0.5) is 0 Å². The van der Waals surface area contributed by atoms with Crippen LogP contribution in [0.1, 0.15) is 128 Å². The molecule has 306 valence electrons. The Morgan fingerprint density at radius 3 is 1.19 bits per heavy atom. The maximum absolute atomic E-state index is 4.93. The van der Waals surface area contributed by atoms with Crippen LogP contribution in [0, 0.1) is 10.8 Å². The summed E-state index contributed by atoms with van der Waals surface area (Å²) in [6.45, 7) is 9.03. The van der Waals surface area contributed by atoms with E-state index in [0.717, 1.165) is 9.52 Å². The number of halogens is 2. The molecule has 0 N–H and O–H groups in total. The standard InChI is InChI=1S/2C26H31.C2H6Si.2ClH.Zr/c2*1-2-15-26(16-8-3-4-9-17-26)20-21-18-23-13-10-14-24(25(23)19-21)22-11-6-5-7-12-22;1-3-2;;;/h2*5-7,10-14,18-19H,2-4,8-9,15-17,20H2,1H3;1-2H3;2*1H;/q2*-1;;;;+4/p-2. The third-order valence-electron chi connectivity index (χ3n) is 12.8. The minimum absolute atomic E-state index is 0.544. The van der Waals surface area contributed by atoms with Crippen molar-refractivity contribution in [2.75, 3.05) is 0 Å². The first-order valence-electron chi connectivity index (χ1n) is 22.4. The molecule has 0 aliphatic heterocycles. The summed E-state index contributed by atoms with van der Waals surface area (Å²) in [5, 5.41) is 5.66. The van der Waals surface area contributed by atoms with Crippen LogP contribution in [0.15, 0.2) is 121 Å². The Bertz CT molecular complexity index is 1860. The molecule has 0 atom stereocenters. The van der Waals surface area contributed by atoms with E-state index in [1.807, 2.05) is 0 Å². The molecule has 2 fully saturated rings. The summed E-state index contributed by atoms with van der Waals surface area (Å²) in [6.07, 6.45) is 25.1. The van der Waals surface area contributed by atoms with E-state index in [9.17, 15) is 0 Å². The van der Waals surface area contributed by atoms with Gasteiger partial charge in [0.1, 0.15) is 0 Å². The first-order chi connectivity index (χ1) is 28.4. The van der Waals surface area contributed by atoms with E-state index >= 15 is 0 Å². The molecule has 0 amide bonds. The van der Waals surface area contributed by atoms with Gasteiger partial charge in [-0.3, -0.25) is 0 Å². The van der Waals surface area contributed by atoms with Gasteiger partial charge in [0.2, 0.25) is 0 Å². The molecule has 0 bridgehead atoms. The molecule has 2 saturated carbocycles. The summed E-state index contributed by atoms with van der Waals surface area (Å²) >= 11 is -0.826. The Balaban J connectivity index is 0.000000195. The van der Waals surface area contributed by atoms with E-state index in [0.29, 0.717) is 10.8 Å². The van der Waals surface area contributed by atoms with Crippen molar-refractivity contribution in [1.29, 1.82) is 0 Å². The topological polar surface area (TPSA) is 0 Å². The van der Waals surface area contributed by atoms with Gasteiger partial charge in [-0.2, -0.15) is 12.1 Å². The monoisotopic (exact) mass is 904 g/mol. The minimum atomic E-state index is -0.826. The van der Waals surface area contributed by atoms with Crippen LogP contribution in [0.3, 0.4) is 0 Å². The van der Waals surface area contributed by atoms with E-state index in [1.165, 1.54) is 159 Å². The van der Waals surface area contributed by atoms with E-state index in [1.54, 1.807) is 11.1 Å². The molecule has 0 nitrogen and oxygen atoms in total. The zero-order chi connectivity index (χ0) is 41.1. The van der Waals surface area contributed by atoms with Gasteiger partial charge in [0.05, 0.1) is 0 Å². The second-order valence-electron chi connectivity index (χ2n) is 17.3. The van der Waals surface area contributed by atoms with E-state index in [2.05, 4.69) is 148 Å². The maximum atomic E-state index is 4.93. The molecule has 0 heterocycles. The fraction of sp³-hybridized carbons (Fsp3) is 0.444. The average Bonchev–Trinajstić information content (AvgIpc) is 3.67. The van der Waals surface area contributed by atoms with E-state index in [-0.39, 0.29) is 0 Å². The van der Waals surface area contributed by atoms with Crippen molar-refractivity contribution in [3.05, 3.63) is 132 Å². The van der Waals surface area contributed by atoms with Gasteiger partial charge in [-0.05, 0) is 73.3 Å². The Morgan fingerprint density at radius 1 is 0.517 bits per heavy atom. The van der Waals surface area contributed by atoms with Gasteiger partial charge >= 0.3 is 37.9 Å². The zero-order valence-electron chi connectivity index (χ0n) is 36.0. The van der Waals surface area contributed by atoms with Crippen LogP contribution in [0.25, 0.3) is 43.8 Å². The number of rotatable bonds is 10. The van der Waals surface area contributed by atoms with Crippen LogP contribution >= 0.6 is 17.0 Å². The molecule has 2 aliphatic carbocycles. The predicted octanol–water partition coefficient (Wildman–Crippen LogP) is 18.0. The molecule has 8 rings (SSSR count). The van der Waals surface area contributed by atoms with Crippen molar-refractivity contribution in [2.45, 2.75) is 143 Å². The summed E-state index contributed by atoms with van der Waals surface area (Å²) in [5.41, 5.74) is 9.60. The van der Waals surface area contributed by atoms with Gasteiger partial charge in [-0.25, -0.2) is 0 Å². The molecule has 2 aliphatic rings. The third-order valence-corrected chi connectivity index (χ3v) is 12.8. The molecule has 0 spiro atoms. The van der Waals surface area contributed by atoms with E-state index < -0.39 is 20.8 Å². The van der Waals surface area contributed by atoms with Crippen LogP contribution in [0.5, 0.6) is 0 Å². The van der Waals surface area contributed by atoms with Crippen molar-refractivity contribution in [3.8, 4) is 22.3 Å². The van der Waals surface area contributed by atoms with Crippen molar-refractivity contribution < 1.29 is 20.8 Å². The number of hydrogen-bond donors (Lipinski definition) is 0. The molecular weight excluding hydrogens is 839 g/mol. The quantitative estimate of drug-likeness (QED) is 0.0730.